The fraction of sp³-hybridized carbons (Fsp3) is 0.471. The van der Waals surface area contributed by atoms with Gasteiger partial charge in [-0.15, -0.1) is 5.10 Å². The third-order valence-corrected chi connectivity index (χ3v) is 4.79. The van der Waals surface area contributed by atoms with Gasteiger partial charge in [0.15, 0.2) is 5.69 Å². The van der Waals surface area contributed by atoms with E-state index in [1.54, 1.807) is 10.3 Å². The molecular weight excluding hydrogens is 306 g/mol. The summed E-state index contributed by atoms with van der Waals surface area (Å²) < 4.78 is 1.58. The van der Waals surface area contributed by atoms with Crippen LogP contribution in [-0.4, -0.2) is 36.3 Å². The zero-order chi connectivity index (χ0) is 16.5. The van der Waals surface area contributed by atoms with Crippen molar-refractivity contribution in [3.8, 4) is 0 Å². The smallest absolute Gasteiger partial charge is 0.358 e. The van der Waals surface area contributed by atoms with Gasteiger partial charge in [-0.25, -0.2) is 4.79 Å². The Balaban J connectivity index is 1.32. The molecule has 124 valence electrons. The number of hydrogen-bond acceptors (Lipinski definition) is 5. The van der Waals surface area contributed by atoms with E-state index in [-0.39, 0.29) is 5.69 Å². The van der Waals surface area contributed by atoms with Crippen LogP contribution in [0.2, 0.25) is 0 Å². The first-order valence-corrected chi connectivity index (χ1v) is 8.41. The molecule has 7 nitrogen and oxygen atoms in total. The third-order valence-electron chi connectivity index (χ3n) is 4.79. The van der Waals surface area contributed by atoms with E-state index in [9.17, 15) is 4.79 Å². The number of aromatic nitrogens is 5. The molecule has 0 saturated carbocycles. The Morgan fingerprint density at radius 1 is 1.21 bits per heavy atom. The molecular formula is C17H19N5O2. The fourth-order valence-corrected chi connectivity index (χ4v) is 3.59. The Morgan fingerprint density at radius 3 is 2.96 bits per heavy atom. The van der Waals surface area contributed by atoms with Crippen molar-refractivity contribution in [1.29, 1.82) is 0 Å². The molecule has 0 aromatic carbocycles. The van der Waals surface area contributed by atoms with Gasteiger partial charge in [0.05, 0.1) is 17.6 Å². The molecule has 2 heterocycles. The number of fused-ring (bicyclic) bond motifs is 2. The molecule has 0 fully saturated rings. The van der Waals surface area contributed by atoms with Crippen LogP contribution >= 0.6 is 0 Å². The maximum absolute atomic E-state index is 10.8. The van der Waals surface area contributed by atoms with E-state index < -0.39 is 5.97 Å². The van der Waals surface area contributed by atoms with E-state index in [1.807, 2.05) is 0 Å². The normalized spacial score (nSPS) is 15.7. The summed E-state index contributed by atoms with van der Waals surface area (Å²) in [4.78, 5) is 10.8. The standard InChI is InChI=1S/C17H19N5O2/c23-17(24)16-10-22(21-20-16)7-2-1-5-12-9-14-13-6-3-4-11(13)8-15(14)19-18-12/h9-10H,1-8H2,(H,23,24). The predicted molar refractivity (Wildman–Crippen MR) is 86.4 cm³/mol. The summed E-state index contributed by atoms with van der Waals surface area (Å²) in [6.07, 6.45) is 8.88. The minimum absolute atomic E-state index is 0.0138. The van der Waals surface area contributed by atoms with Crippen LogP contribution in [0.5, 0.6) is 0 Å². The Kier molecular flexibility index (Phi) is 3.84. The van der Waals surface area contributed by atoms with Gasteiger partial charge in [-0.2, -0.15) is 10.2 Å². The number of carbonyl (C=O) groups is 1. The van der Waals surface area contributed by atoms with Crippen molar-refractivity contribution in [3.63, 3.8) is 0 Å². The summed E-state index contributed by atoms with van der Waals surface area (Å²) >= 11 is 0. The van der Waals surface area contributed by atoms with E-state index >= 15 is 0 Å². The highest BCUT2D eigenvalue weighted by Gasteiger charge is 2.26. The van der Waals surface area contributed by atoms with Crippen molar-refractivity contribution in [3.05, 3.63) is 40.5 Å². The van der Waals surface area contributed by atoms with Gasteiger partial charge in [-0.05, 0) is 50.2 Å². The molecule has 2 aromatic heterocycles. The van der Waals surface area contributed by atoms with Crippen molar-refractivity contribution in [2.45, 2.75) is 51.5 Å². The van der Waals surface area contributed by atoms with Crippen LogP contribution in [0.4, 0.5) is 0 Å². The van der Waals surface area contributed by atoms with E-state index in [0.717, 1.165) is 37.1 Å². The lowest BCUT2D eigenvalue weighted by atomic mass is 10.1. The lowest BCUT2D eigenvalue weighted by molar-refractivity contribution is 0.0690. The second-order valence-electron chi connectivity index (χ2n) is 6.44. The molecule has 2 aliphatic carbocycles. The van der Waals surface area contributed by atoms with Crippen LogP contribution in [0.3, 0.4) is 0 Å². The first kappa shape index (κ1) is 15.0. The molecule has 7 heteroatoms. The van der Waals surface area contributed by atoms with Gasteiger partial charge in [0.25, 0.3) is 0 Å². The lowest BCUT2D eigenvalue weighted by Crippen LogP contribution is -2.02. The maximum atomic E-state index is 10.8. The van der Waals surface area contributed by atoms with E-state index in [0.29, 0.717) is 6.54 Å². The number of carboxylic acids is 1. The van der Waals surface area contributed by atoms with Crippen LogP contribution in [0.15, 0.2) is 17.8 Å². The SMILES string of the molecule is O=C(O)c1cn(CCCCc2cc3c(nn2)CC2=C3CCC2)nn1. The highest BCUT2D eigenvalue weighted by Crippen LogP contribution is 2.42. The van der Waals surface area contributed by atoms with Gasteiger partial charge >= 0.3 is 5.97 Å². The monoisotopic (exact) mass is 325 g/mol. The number of aromatic carboxylic acids is 1. The molecule has 0 amide bonds. The van der Waals surface area contributed by atoms with Crippen molar-refractivity contribution >= 4 is 11.5 Å². The van der Waals surface area contributed by atoms with Crippen LogP contribution in [0, 0.1) is 0 Å². The van der Waals surface area contributed by atoms with Crippen LogP contribution < -0.4 is 0 Å². The quantitative estimate of drug-likeness (QED) is 0.819. The highest BCUT2D eigenvalue weighted by atomic mass is 16.4. The molecule has 0 atom stereocenters. The largest absolute Gasteiger partial charge is 0.476 e. The third kappa shape index (κ3) is 2.81. The molecule has 0 bridgehead atoms. The molecule has 0 radical (unpaired) electrons. The summed E-state index contributed by atoms with van der Waals surface area (Å²) in [5.41, 5.74) is 6.59. The zero-order valence-corrected chi connectivity index (χ0v) is 13.4. The summed E-state index contributed by atoms with van der Waals surface area (Å²) in [6.45, 7) is 0.661. The maximum Gasteiger partial charge on any atom is 0.358 e. The van der Waals surface area contributed by atoms with Gasteiger partial charge in [-0.3, -0.25) is 4.68 Å². The molecule has 24 heavy (non-hydrogen) atoms. The van der Waals surface area contributed by atoms with Crippen molar-refractivity contribution in [2.24, 2.45) is 0 Å². The molecule has 4 rings (SSSR count). The average molecular weight is 325 g/mol. The topological polar surface area (TPSA) is 93.8 Å². The van der Waals surface area contributed by atoms with Gasteiger partial charge in [0.1, 0.15) is 0 Å². The number of hydrogen-bond donors (Lipinski definition) is 1. The molecule has 2 aromatic rings. The second kappa shape index (κ2) is 6.14. The van der Waals surface area contributed by atoms with E-state index in [4.69, 9.17) is 5.11 Å². The predicted octanol–water partition coefficient (Wildman–Crippen LogP) is 2.28. The van der Waals surface area contributed by atoms with Crippen molar-refractivity contribution in [1.82, 2.24) is 25.2 Å². The van der Waals surface area contributed by atoms with Gasteiger partial charge in [0.2, 0.25) is 0 Å². The Bertz CT molecular complexity index is 824. The highest BCUT2D eigenvalue weighted by molar-refractivity contribution is 5.84. The summed E-state index contributed by atoms with van der Waals surface area (Å²) in [5, 5.41) is 25.0. The van der Waals surface area contributed by atoms with Gasteiger partial charge in [0, 0.05) is 18.5 Å². The minimum Gasteiger partial charge on any atom is -0.476 e. The average Bonchev–Trinajstić information content (AvgIpc) is 3.27. The number of nitrogens with zero attached hydrogens (tertiary/aromatic N) is 5. The number of aryl methyl sites for hydroxylation is 2. The lowest BCUT2D eigenvalue weighted by Gasteiger charge is -2.06. The molecule has 0 aliphatic heterocycles. The summed E-state index contributed by atoms with van der Waals surface area (Å²) in [6, 6.07) is 2.22. The van der Waals surface area contributed by atoms with Gasteiger partial charge < -0.3 is 5.11 Å². The number of unbranched alkanes of at least 4 members (excludes halogenated alkanes) is 1. The summed E-state index contributed by atoms with van der Waals surface area (Å²) in [7, 11) is 0. The number of allylic oxidation sites excluding steroid dienone is 2. The van der Waals surface area contributed by atoms with Crippen molar-refractivity contribution in [2.75, 3.05) is 0 Å². The molecule has 0 spiro atoms. The number of carboxylic acid groups (broad SMARTS) is 1. The first-order valence-electron chi connectivity index (χ1n) is 8.41. The number of rotatable bonds is 6. The fourth-order valence-electron chi connectivity index (χ4n) is 3.59. The molecule has 0 saturated heterocycles. The molecule has 0 unspecified atom stereocenters. The van der Waals surface area contributed by atoms with Crippen molar-refractivity contribution < 1.29 is 9.90 Å². The Morgan fingerprint density at radius 2 is 2.12 bits per heavy atom. The summed E-state index contributed by atoms with van der Waals surface area (Å²) in [5.74, 6) is -1.05. The van der Waals surface area contributed by atoms with Crippen LogP contribution in [0.1, 0.15) is 59.5 Å². The van der Waals surface area contributed by atoms with E-state index in [1.165, 1.54) is 36.6 Å². The molecule has 2 aliphatic rings. The zero-order valence-electron chi connectivity index (χ0n) is 13.4. The van der Waals surface area contributed by atoms with E-state index in [2.05, 4.69) is 26.6 Å². The van der Waals surface area contributed by atoms with Crippen LogP contribution in [0.25, 0.3) is 5.57 Å². The Labute approximate surface area is 139 Å². The van der Waals surface area contributed by atoms with Gasteiger partial charge in [-0.1, -0.05) is 10.8 Å². The van der Waals surface area contributed by atoms with Crippen LogP contribution in [-0.2, 0) is 19.4 Å². The Hall–Kier alpha value is -2.57. The minimum atomic E-state index is -1.05. The second-order valence-corrected chi connectivity index (χ2v) is 6.44. The molecule has 1 N–H and O–H groups in total. The first-order chi connectivity index (χ1) is 11.7.